The van der Waals surface area contributed by atoms with Crippen molar-refractivity contribution in [2.24, 2.45) is 0 Å². The molecular weight excluding hydrogens is 262 g/mol. The molecule has 98 valence electrons. The number of halogens is 1. The fourth-order valence-electron chi connectivity index (χ4n) is 1.72. The van der Waals surface area contributed by atoms with Crippen LogP contribution in [0.15, 0.2) is 42.7 Å². The summed E-state index contributed by atoms with van der Waals surface area (Å²) in [7, 11) is 0. The largest absolute Gasteiger partial charge is 0.490 e. The van der Waals surface area contributed by atoms with E-state index < -0.39 is 0 Å². The molecule has 1 heterocycles. The molecule has 0 aliphatic heterocycles. The van der Waals surface area contributed by atoms with E-state index in [-0.39, 0.29) is 11.9 Å². The summed E-state index contributed by atoms with van der Waals surface area (Å²) < 4.78 is 5.65. The second kappa shape index (κ2) is 5.85. The van der Waals surface area contributed by atoms with Gasteiger partial charge in [0.1, 0.15) is 5.75 Å². The predicted molar refractivity (Wildman–Crippen MR) is 74.9 cm³/mol. The number of carbonyl (C=O) groups is 1. The number of para-hydroxylation sites is 1. The number of nitrogens with zero attached hydrogens (tertiary/aromatic N) is 1. The van der Waals surface area contributed by atoms with Crippen LogP contribution in [-0.2, 0) is 0 Å². The lowest BCUT2D eigenvalue weighted by Gasteiger charge is -2.13. The van der Waals surface area contributed by atoms with Gasteiger partial charge in [0.25, 0.3) is 0 Å². The quantitative estimate of drug-likeness (QED) is 0.798. The summed E-state index contributed by atoms with van der Waals surface area (Å²) in [5.74, 6) is 0.402. The molecule has 0 unspecified atom stereocenters. The van der Waals surface area contributed by atoms with Crippen LogP contribution in [0.25, 0.3) is 0 Å². The van der Waals surface area contributed by atoms with Crippen LogP contribution < -0.4 is 4.74 Å². The van der Waals surface area contributed by atoms with Crippen molar-refractivity contribution in [3.8, 4) is 5.75 Å². The molecule has 0 aliphatic carbocycles. The molecule has 0 saturated carbocycles. The fraction of sp³-hybridized carbons (Fsp3) is 0.200. The van der Waals surface area contributed by atoms with Crippen LogP contribution in [-0.4, -0.2) is 16.9 Å². The summed E-state index contributed by atoms with van der Waals surface area (Å²) in [4.78, 5) is 16.4. The molecule has 2 aromatic rings. The number of ether oxygens (including phenoxy) is 1. The second-order valence-electron chi connectivity index (χ2n) is 4.35. The number of pyridine rings is 1. The predicted octanol–water partition coefficient (Wildman–Crippen LogP) is 3.75. The maximum atomic E-state index is 12.5. The maximum Gasteiger partial charge on any atom is 0.198 e. The second-order valence-corrected chi connectivity index (χ2v) is 4.75. The topological polar surface area (TPSA) is 39.2 Å². The van der Waals surface area contributed by atoms with E-state index in [2.05, 4.69) is 4.98 Å². The Bertz CT molecular complexity index is 596. The normalized spacial score (nSPS) is 10.5. The van der Waals surface area contributed by atoms with Crippen LogP contribution in [0, 0.1) is 0 Å². The number of benzene rings is 1. The average Bonchev–Trinajstić information content (AvgIpc) is 2.38. The number of hydrogen-bond donors (Lipinski definition) is 0. The van der Waals surface area contributed by atoms with Crippen molar-refractivity contribution in [3.05, 3.63) is 58.9 Å². The Kier molecular flexibility index (Phi) is 4.17. The Morgan fingerprint density at radius 1 is 1.21 bits per heavy atom. The van der Waals surface area contributed by atoms with Crippen LogP contribution in [0.4, 0.5) is 0 Å². The summed E-state index contributed by atoms with van der Waals surface area (Å²) in [5, 5.41) is 0.340. The van der Waals surface area contributed by atoms with E-state index in [1.54, 1.807) is 30.5 Å². The van der Waals surface area contributed by atoms with Crippen molar-refractivity contribution >= 4 is 17.4 Å². The molecule has 0 spiro atoms. The van der Waals surface area contributed by atoms with Gasteiger partial charge in [0, 0.05) is 18.0 Å². The van der Waals surface area contributed by atoms with Crippen molar-refractivity contribution in [2.75, 3.05) is 0 Å². The Hall–Kier alpha value is -1.87. The molecule has 0 saturated heterocycles. The molecule has 1 aromatic heterocycles. The van der Waals surface area contributed by atoms with Crippen molar-refractivity contribution in [1.82, 2.24) is 4.98 Å². The average molecular weight is 276 g/mol. The number of hydrogen-bond acceptors (Lipinski definition) is 3. The van der Waals surface area contributed by atoms with Crippen LogP contribution in [0.5, 0.6) is 5.75 Å². The Morgan fingerprint density at radius 3 is 2.63 bits per heavy atom. The van der Waals surface area contributed by atoms with Gasteiger partial charge in [0.15, 0.2) is 5.78 Å². The van der Waals surface area contributed by atoms with E-state index in [0.29, 0.717) is 21.9 Å². The van der Waals surface area contributed by atoms with Gasteiger partial charge in [-0.2, -0.15) is 0 Å². The van der Waals surface area contributed by atoms with Crippen LogP contribution in [0.2, 0.25) is 5.02 Å². The lowest BCUT2D eigenvalue weighted by atomic mass is 10.0. The molecule has 3 nitrogen and oxygen atoms in total. The first-order valence-corrected chi connectivity index (χ1v) is 6.37. The monoisotopic (exact) mass is 275 g/mol. The highest BCUT2D eigenvalue weighted by molar-refractivity contribution is 6.34. The van der Waals surface area contributed by atoms with E-state index in [9.17, 15) is 4.79 Å². The minimum atomic E-state index is -0.163. The van der Waals surface area contributed by atoms with Gasteiger partial charge in [0.2, 0.25) is 0 Å². The summed E-state index contributed by atoms with van der Waals surface area (Å²) in [6.07, 6.45) is 3.01. The maximum absolute atomic E-state index is 12.5. The fourth-order valence-corrected chi connectivity index (χ4v) is 1.92. The van der Waals surface area contributed by atoms with E-state index in [0.717, 1.165) is 0 Å². The van der Waals surface area contributed by atoms with Crippen molar-refractivity contribution in [3.63, 3.8) is 0 Å². The van der Waals surface area contributed by atoms with Crippen molar-refractivity contribution in [2.45, 2.75) is 20.0 Å². The molecular formula is C15H14ClNO2. The molecule has 0 amide bonds. The lowest BCUT2D eigenvalue weighted by Crippen LogP contribution is -2.11. The summed E-state index contributed by atoms with van der Waals surface area (Å²) in [6.45, 7) is 3.83. The van der Waals surface area contributed by atoms with Crippen LogP contribution >= 0.6 is 11.6 Å². The lowest BCUT2D eigenvalue weighted by molar-refractivity contribution is 0.103. The highest BCUT2D eigenvalue weighted by Gasteiger charge is 2.17. The third-order valence-corrected chi connectivity index (χ3v) is 2.81. The zero-order valence-electron chi connectivity index (χ0n) is 10.8. The highest BCUT2D eigenvalue weighted by Crippen LogP contribution is 2.25. The summed E-state index contributed by atoms with van der Waals surface area (Å²) in [6, 6.07) is 8.76. The molecule has 2 rings (SSSR count). The minimum absolute atomic E-state index is 0.00172. The van der Waals surface area contributed by atoms with Gasteiger partial charge in [-0.3, -0.25) is 9.78 Å². The first-order chi connectivity index (χ1) is 9.09. The Balaban J connectivity index is 2.42. The van der Waals surface area contributed by atoms with Crippen molar-refractivity contribution in [1.29, 1.82) is 0 Å². The van der Waals surface area contributed by atoms with Crippen LogP contribution in [0.3, 0.4) is 0 Å². The van der Waals surface area contributed by atoms with Crippen LogP contribution in [0.1, 0.15) is 29.8 Å². The third kappa shape index (κ3) is 3.12. The standard InChI is InChI=1S/C15H14ClNO2/c1-10(2)19-14-6-4-3-5-12(14)15(18)11-7-8-17-9-13(11)16/h3-10H,1-2H3. The van der Waals surface area contributed by atoms with Crippen molar-refractivity contribution < 1.29 is 9.53 Å². The zero-order chi connectivity index (χ0) is 13.8. The van der Waals surface area contributed by atoms with Gasteiger partial charge in [-0.25, -0.2) is 0 Å². The number of ketones is 1. The van der Waals surface area contributed by atoms with E-state index in [4.69, 9.17) is 16.3 Å². The molecule has 0 fully saturated rings. The summed E-state index contributed by atoms with van der Waals surface area (Å²) >= 11 is 6.00. The molecule has 0 aliphatic rings. The molecule has 0 atom stereocenters. The van der Waals surface area contributed by atoms with E-state index >= 15 is 0 Å². The molecule has 0 bridgehead atoms. The highest BCUT2D eigenvalue weighted by atomic mass is 35.5. The number of rotatable bonds is 4. The van der Waals surface area contributed by atoms with Gasteiger partial charge >= 0.3 is 0 Å². The number of carbonyl (C=O) groups excluding carboxylic acids is 1. The van der Waals surface area contributed by atoms with Gasteiger partial charge in [-0.1, -0.05) is 23.7 Å². The van der Waals surface area contributed by atoms with Gasteiger partial charge in [0.05, 0.1) is 16.7 Å². The molecule has 19 heavy (non-hydrogen) atoms. The van der Waals surface area contributed by atoms with E-state index in [1.807, 2.05) is 19.9 Å². The zero-order valence-corrected chi connectivity index (χ0v) is 11.5. The first-order valence-electron chi connectivity index (χ1n) is 5.99. The Labute approximate surface area is 117 Å². The van der Waals surface area contributed by atoms with E-state index in [1.165, 1.54) is 6.20 Å². The first kappa shape index (κ1) is 13.6. The third-order valence-electron chi connectivity index (χ3n) is 2.51. The molecule has 0 radical (unpaired) electrons. The molecule has 1 aromatic carbocycles. The summed E-state index contributed by atoms with van der Waals surface area (Å²) in [5.41, 5.74) is 0.931. The molecule has 4 heteroatoms. The van der Waals surface area contributed by atoms with Gasteiger partial charge in [-0.15, -0.1) is 0 Å². The van der Waals surface area contributed by atoms with Gasteiger partial charge in [-0.05, 0) is 32.0 Å². The Morgan fingerprint density at radius 2 is 1.95 bits per heavy atom. The smallest absolute Gasteiger partial charge is 0.198 e. The minimum Gasteiger partial charge on any atom is -0.490 e. The van der Waals surface area contributed by atoms with Gasteiger partial charge < -0.3 is 4.74 Å². The molecule has 0 N–H and O–H groups in total. The SMILES string of the molecule is CC(C)Oc1ccccc1C(=O)c1ccncc1Cl. The number of aromatic nitrogens is 1.